The molecule has 0 unspecified atom stereocenters. The first kappa shape index (κ1) is 10.2. The van der Waals surface area contributed by atoms with E-state index < -0.39 is 0 Å². The summed E-state index contributed by atoms with van der Waals surface area (Å²) in [4.78, 5) is 11.4. The number of hydrogen-bond acceptors (Lipinski definition) is 1. The molecule has 0 radical (unpaired) electrons. The van der Waals surface area contributed by atoms with Crippen LogP contribution in [0.15, 0.2) is 30.3 Å². The lowest BCUT2D eigenvalue weighted by Crippen LogP contribution is -1.94. The summed E-state index contributed by atoms with van der Waals surface area (Å²) >= 11 is 6.07. The predicted octanol–water partition coefficient (Wildman–Crippen LogP) is 4.00. The Labute approximate surface area is 93.7 Å². The Morgan fingerprint density at radius 1 is 1.13 bits per heavy atom. The number of rotatable bonds is 1. The first-order valence-corrected chi connectivity index (χ1v) is 5.17. The molecule has 0 saturated heterocycles. The lowest BCUT2D eigenvalue weighted by Gasteiger charge is -2.06. The van der Waals surface area contributed by atoms with Crippen molar-refractivity contribution in [1.82, 2.24) is 0 Å². The Kier molecular flexibility index (Phi) is 2.49. The van der Waals surface area contributed by atoms with Crippen LogP contribution in [-0.2, 0) is 0 Å². The second-order valence-electron chi connectivity index (χ2n) is 3.70. The van der Waals surface area contributed by atoms with Gasteiger partial charge in [-0.2, -0.15) is 0 Å². The van der Waals surface area contributed by atoms with Gasteiger partial charge in [-0.3, -0.25) is 4.79 Å². The number of hydrogen-bond donors (Lipinski definition) is 0. The lowest BCUT2D eigenvalue weighted by molar-refractivity contribution is 0.101. The molecule has 2 heteroatoms. The van der Waals surface area contributed by atoms with Crippen LogP contribution in [0.2, 0.25) is 5.02 Å². The molecule has 0 spiro atoms. The van der Waals surface area contributed by atoms with Crippen LogP contribution in [0.3, 0.4) is 0 Å². The molecule has 0 N–H and O–H groups in total. The van der Waals surface area contributed by atoms with Gasteiger partial charge < -0.3 is 0 Å². The molecular formula is C13H11ClO. The van der Waals surface area contributed by atoms with Crippen molar-refractivity contribution in [2.45, 2.75) is 13.8 Å². The first-order chi connectivity index (χ1) is 7.09. The summed E-state index contributed by atoms with van der Waals surface area (Å²) in [7, 11) is 0. The smallest absolute Gasteiger partial charge is 0.160 e. The molecule has 0 saturated carbocycles. The maximum Gasteiger partial charge on any atom is 0.160 e. The van der Waals surface area contributed by atoms with Gasteiger partial charge in [-0.25, -0.2) is 0 Å². The average molecular weight is 219 g/mol. The molecule has 0 aliphatic rings. The second-order valence-corrected chi connectivity index (χ2v) is 4.11. The molecular weight excluding hydrogens is 208 g/mol. The Hall–Kier alpha value is -1.34. The van der Waals surface area contributed by atoms with Crippen molar-refractivity contribution in [2.75, 3.05) is 0 Å². The summed E-state index contributed by atoms with van der Waals surface area (Å²) in [5, 5.41) is 2.57. The topological polar surface area (TPSA) is 17.1 Å². The van der Waals surface area contributed by atoms with Crippen molar-refractivity contribution < 1.29 is 4.79 Å². The molecule has 0 bridgehead atoms. The van der Waals surface area contributed by atoms with Gasteiger partial charge in [0.05, 0.1) is 0 Å². The second kappa shape index (κ2) is 3.67. The highest BCUT2D eigenvalue weighted by atomic mass is 35.5. The normalized spacial score (nSPS) is 10.6. The zero-order valence-electron chi connectivity index (χ0n) is 8.67. The van der Waals surface area contributed by atoms with Gasteiger partial charge in [-0.15, -0.1) is 0 Å². The van der Waals surface area contributed by atoms with E-state index in [4.69, 9.17) is 11.6 Å². The van der Waals surface area contributed by atoms with Crippen LogP contribution < -0.4 is 0 Å². The number of aryl methyl sites for hydroxylation is 1. The molecule has 0 aromatic heterocycles. The van der Waals surface area contributed by atoms with Gasteiger partial charge in [-0.1, -0.05) is 35.4 Å². The van der Waals surface area contributed by atoms with Gasteiger partial charge in [0.1, 0.15) is 0 Å². The largest absolute Gasteiger partial charge is 0.294 e. The molecule has 2 aromatic carbocycles. The van der Waals surface area contributed by atoms with Crippen LogP contribution in [0.4, 0.5) is 0 Å². The highest BCUT2D eigenvalue weighted by molar-refractivity contribution is 6.36. The van der Waals surface area contributed by atoms with E-state index in [1.54, 1.807) is 19.1 Å². The minimum absolute atomic E-state index is 0.0715. The number of halogens is 1. The summed E-state index contributed by atoms with van der Waals surface area (Å²) in [5.41, 5.74) is 1.87. The predicted molar refractivity (Wildman–Crippen MR) is 63.7 cm³/mol. The van der Waals surface area contributed by atoms with Gasteiger partial charge in [0.25, 0.3) is 0 Å². The fourth-order valence-corrected chi connectivity index (χ4v) is 1.96. The fourth-order valence-electron chi connectivity index (χ4n) is 1.73. The zero-order valence-corrected chi connectivity index (χ0v) is 9.43. The number of carbonyl (C=O) groups is 1. The van der Waals surface area contributed by atoms with Gasteiger partial charge in [0.2, 0.25) is 0 Å². The number of Topliss-reactive ketones (excluding diaryl/α,β-unsaturated/α-hetero) is 1. The molecule has 0 aliphatic heterocycles. The van der Waals surface area contributed by atoms with Crippen molar-refractivity contribution in [3.8, 4) is 0 Å². The van der Waals surface area contributed by atoms with Crippen molar-refractivity contribution in [3.63, 3.8) is 0 Å². The molecule has 0 heterocycles. The van der Waals surface area contributed by atoms with Crippen molar-refractivity contribution >= 4 is 28.2 Å². The SMILES string of the molecule is CC(=O)c1ccc(Cl)c2ccc(C)cc12. The highest BCUT2D eigenvalue weighted by Gasteiger charge is 2.07. The van der Waals surface area contributed by atoms with Crippen molar-refractivity contribution in [2.24, 2.45) is 0 Å². The van der Waals surface area contributed by atoms with E-state index in [2.05, 4.69) is 0 Å². The van der Waals surface area contributed by atoms with E-state index >= 15 is 0 Å². The van der Waals surface area contributed by atoms with Crippen LogP contribution >= 0.6 is 11.6 Å². The van der Waals surface area contributed by atoms with E-state index in [9.17, 15) is 4.79 Å². The van der Waals surface area contributed by atoms with E-state index in [1.165, 1.54) is 0 Å². The minimum atomic E-state index is 0.0715. The van der Waals surface area contributed by atoms with E-state index in [0.717, 1.165) is 21.9 Å². The highest BCUT2D eigenvalue weighted by Crippen LogP contribution is 2.27. The first-order valence-electron chi connectivity index (χ1n) is 4.79. The summed E-state index contributed by atoms with van der Waals surface area (Å²) in [5.74, 6) is 0.0715. The molecule has 0 atom stereocenters. The Morgan fingerprint density at radius 3 is 2.53 bits per heavy atom. The van der Waals surface area contributed by atoms with Gasteiger partial charge in [0.15, 0.2) is 5.78 Å². The summed E-state index contributed by atoms with van der Waals surface area (Å²) < 4.78 is 0. The van der Waals surface area contributed by atoms with Crippen molar-refractivity contribution in [3.05, 3.63) is 46.5 Å². The zero-order chi connectivity index (χ0) is 11.0. The number of fused-ring (bicyclic) bond motifs is 1. The fraction of sp³-hybridized carbons (Fsp3) is 0.154. The molecule has 0 fully saturated rings. The Morgan fingerprint density at radius 2 is 1.87 bits per heavy atom. The third-order valence-corrected chi connectivity index (χ3v) is 2.83. The third-order valence-electron chi connectivity index (χ3n) is 2.50. The third kappa shape index (κ3) is 1.75. The van der Waals surface area contributed by atoms with Crippen LogP contribution in [0.5, 0.6) is 0 Å². The van der Waals surface area contributed by atoms with E-state index in [1.807, 2.05) is 25.1 Å². The van der Waals surface area contributed by atoms with E-state index in [-0.39, 0.29) is 5.78 Å². The molecule has 0 amide bonds. The molecule has 1 nitrogen and oxygen atoms in total. The summed E-state index contributed by atoms with van der Waals surface area (Å²) in [6.45, 7) is 3.58. The number of ketones is 1. The monoisotopic (exact) mass is 218 g/mol. The van der Waals surface area contributed by atoms with Gasteiger partial charge in [-0.05, 0) is 31.4 Å². The number of carbonyl (C=O) groups excluding carboxylic acids is 1. The quantitative estimate of drug-likeness (QED) is 0.661. The molecule has 76 valence electrons. The van der Waals surface area contributed by atoms with Crippen LogP contribution in [-0.4, -0.2) is 5.78 Å². The maximum absolute atomic E-state index is 11.4. The lowest BCUT2D eigenvalue weighted by atomic mass is 10.0. The van der Waals surface area contributed by atoms with Gasteiger partial charge in [0, 0.05) is 16.0 Å². The van der Waals surface area contributed by atoms with Crippen LogP contribution in [0.1, 0.15) is 22.8 Å². The standard InChI is InChI=1S/C13H11ClO/c1-8-3-4-11-12(7-8)10(9(2)15)5-6-13(11)14/h3-7H,1-2H3. The number of benzene rings is 2. The molecule has 15 heavy (non-hydrogen) atoms. The Balaban J connectivity index is 2.90. The minimum Gasteiger partial charge on any atom is -0.294 e. The average Bonchev–Trinajstić information content (AvgIpc) is 2.17. The Bertz CT molecular complexity index is 543. The van der Waals surface area contributed by atoms with Crippen molar-refractivity contribution in [1.29, 1.82) is 0 Å². The molecule has 0 aliphatic carbocycles. The van der Waals surface area contributed by atoms with Crippen LogP contribution in [0, 0.1) is 6.92 Å². The van der Waals surface area contributed by atoms with E-state index in [0.29, 0.717) is 5.02 Å². The van der Waals surface area contributed by atoms with Crippen LogP contribution in [0.25, 0.3) is 10.8 Å². The van der Waals surface area contributed by atoms with Gasteiger partial charge >= 0.3 is 0 Å². The maximum atomic E-state index is 11.4. The summed E-state index contributed by atoms with van der Waals surface area (Å²) in [6, 6.07) is 9.51. The molecule has 2 aromatic rings. The summed E-state index contributed by atoms with van der Waals surface area (Å²) in [6.07, 6.45) is 0. The molecule has 2 rings (SSSR count).